The second-order valence-electron chi connectivity index (χ2n) is 5.94. The van der Waals surface area contributed by atoms with Crippen LogP contribution in [-0.2, 0) is 9.53 Å². The Kier molecular flexibility index (Phi) is 5.97. The van der Waals surface area contributed by atoms with Gasteiger partial charge in [0.25, 0.3) is 5.91 Å². The van der Waals surface area contributed by atoms with E-state index in [0.29, 0.717) is 30.0 Å². The van der Waals surface area contributed by atoms with E-state index in [-0.39, 0.29) is 17.7 Å². The minimum absolute atomic E-state index is 0.0558. The zero-order valence-corrected chi connectivity index (χ0v) is 14.7. The minimum atomic E-state index is -0.665. The van der Waals surface area contributed by atoms with Crippen LogP contribution in [0.5, 0.6) is 0 Å². The monoisotopic (exact) mass is 348 g/mol. The molecule has 0 aliphatic carbocycles. The summed E-state index contributed by atoms with van der Waals surface area (Å²) in [7, 11) is 1.27. The highest BCUT2D eigenvalue weighted by molar-refractivity contribution is 6.11. The summed E-state index contributed by atoms with van der Waals surface area (Å²) in [5, 5.41) is 5.46. The third-order valence-electron chi connectivity index (χ3n) is 4.31. The van der Waals surface area contributed by atoms with E-state index >= 15 is 0 Å². The van der Waals surface area contributed by atoms with Crippen LogP contribution in [0.1, 0.15) is 30.6 Å². The van der Waals surface area contributed by atoms with Gasteiger partial charge in [-0.25, -0.2) is 4.79 Å². The fourth-order valence-electron chi connectivity index (χ4n) is 2.80. The van der Waals surface area contributed by atoms with Gasteiger partial charge >= 0.3 is 6.09 Å². The molecular weight excluding hydrogens is 324 g/mol. The van der Waals surface area contributed by atoms with Crippen LogP contribution in [0.2, 0.25) is 0 Å². The van der Waals surface area contributed by atoms with Crippen LogP contribution in [0.15, 0.2) is 18.2 Å². The SMILES string of the molecule is CCC(C)C1C(=O)Nc2cc(C(=O)NCCN)ccc2N1C(=O)OC. The molecule has 0 bridgehead atoms. The average Bonchev–Trinajstić information content (AvgIpc) is 2.63. The zero-order valence-electron chi connectivity index (χ0n) is 14.7. The van der Waals surface area contributed by atoms with Crippen molar-refractivity contribution in [3.05, 3.63) is 23.8 Å². The average molecular weight is 348 g/mol. The number of carbonyl (C=O) groups is 3. The van der Waals surface area contributed by atoms with Crippen molar-refractivity contribution in [3.63, 3.8) is 0 Å². The van der Waals surface area contributed by atoms with Gasteiger partial charge in [-0.15, -0.1) is 0 Å². The number of anilines is 2. The van der Waals surface area contributed by atoms with E-state index in [1.165, 1.54) is 12.0 Å². The van der Waals surface area contributed by atoms with Crippen molar-refractivity contribution in [2.75, 3.05) is 30.4 Å². The molecule has 1 heterocycles. The van der Waals surface area contributed by atoms with E-state index in [4.69, 9.17) is 10.5 Å². The van der Waals surface area contributed by atoms with Crippen LogP contribution in [0, 0.1) is 5.92 Å². The highest BCUT2D eigenvalue weighted by Gasteiger charge is 2.40. The topological polar surface area (TPSA) is 114 Å². The molecule has 0 spiro atoms. The number of nitrogens with zero attached hydrogens (tertiary/aromatic N) is 1. The number of carbonyl (C=O) groups excluding carboxylic acids is 3. The molecule has 4 N–H and O–H groups in total. The Balaban J connectivity index is 2.43. The largest absolute Gasteiger partial charge is 0.452 e. The van der Waals surface area contributed by atoms with E-state index in [1.54, 1.807) is 18.2 Å². The normalized spacial score (nSPS) is 17.4. The van der Waals surface area contributed by atoms with Crippen LogP contribution in [0.25, 0.3) is 0 Å². The second-order valence-corrected chi connectivity index (χ2v) is 5.94. The molecule has 1 aromatic rings. The van der Waals surface area contributed by atoms with Crippen molar-refractivity contribution in [2.24, 2.45) is 11.7 Å². The maximum atomic E-state index is 12.6. The van der Waals surface area contributed by atoms with Gasteiger partial charge in [-0.1, -0.05) is 20.3 Å². The Morgan fingerprint density at radius 3 is 2.76 bits per heavy atom. The van der Waals surface area contributed by atoms with Gasteiger partial charge in [0, 0.05) is 18.7 Å². The fourth-order valence-corrected chi connectivity index (χ4v) is 2.80. The lowest BCUT2D eigenvalue weighted by atomic mass is 9.94. The second kappa shape index (κ2) is 7.98. The van der Waals surface area contributed by atoms with Crippen LogP contribution < -0.4 is 21.3 Å². The third kappa shape index (κ3) is 3.74. The molecule has 2 atom stereocenters. The van der Waals surface area contributed by atoms with Gasteiger partial charge in [0.15, 0.2) is 0 Å². The Bertz CT molecular complexity index is 677. The highest BCUT2D eigenvalue weighted by atomic mass is 16.5. The first-order chi connectivity index (χ1) is 11.9. The third-order valence-corrected chi connectivity index (χ3v) is 4.31. The number of ether oxygens (including phenoxy) is 1. The molecule has 0 radical (unpaired) electrons. The van der Waals surface area contributed by atoms with E-state index in [0.717, 1.165) is 6.42 Å². The molecule has 8 nitrogen and oxygen atoms in total. The molecule has 136 valence electrons. The van der Waals surface area contributed by atoms with Crippen molar-refractivity contribution in [1.82, 2.24) is 5.32 Å². The van der Waals surface area contributed by atoms with Gasteiger partial charge in [0.2, 0.25) is 5.91 Å². The summed E-state index contributed by atoms with van der Waals surface area (Å²) < 4.78 is 4.86. The molecule has 0 saturated carbocycles. The van der Waals surface area contributed by atoms with Crippen molar-refractivity contribution in [1.29, 1.82) is 0 Å². The standard InChI is InChI=1S/C17H24N4O4/c1-4-10(2)14-16(23)20-12-9-11(15(22)19-8-7-18)5-6-13(12)21(14)17(24)25-3/h5-6,9-10,14H,4,7-8,18H2,1-3H3,(H,19,22)(H,20,23). The van der Waals surface area contributed by atoms with Crippen LogP contribution in [-0.4, -0.2) is 44.1 Å². The smallest absolute Gasteiger partial charge is 0.414 e. The Morgan fingerprint density at radius 2 is 2.16 bits per heavy atom. The zero-order chi connectivity index (χ0) is 18.6. The number of nitrogens with one attached hydrogen (secondary N) is 2. The van der Waals surface area contributed by atoms with Gasteiger partial charge in [0.05, 0.1) is 18.5 Å². The molecule has 0 fully saturated rings. The van der Waals surface area contributed by atoms with Crippen molar-refractivity contribution in [2.45, 2.75) is 26.3 Å². The number of hydrogen-bond acceptors (Lipinski definition) is 5. The predicted octanol–water partition coefficient (Wildman–Crippen LogP) is 1.31. The number of rotatable bonds is 5. The molecule has 3 amide bonds. The van der Waals surface area contributed by atoms with E-state index < -0.39 is 12.1 Å². The molecular formula is C17H24N4O4. The molecule has 1 aliphatic heterocycles. The maximum absolute atomic E-state index is 12.6. The number of nitrogens with two attached hydrogens (primary N) is 1. The van der Waals surface area contributed by atoms with Crippen LogP contribution in [0.4, 0.5) is 16.2 Å². The number of hydrogen-bond donors (Lipinski definition) is 3. The molecule has 2 unspecified atom stereocenters. The van der Waals surface area contributed by atoms with E-state index in [1.807, 2.05) is 13.8 Å². The molecule has 1 aromatic carbocycles. The molecule has 0 aromatic heterocycles. The summed E-state index contributed by atoms with van der Waals surface area (Å²) in [5.41, 5.74) is 6.66. The van der Waals surface area contributed by atoms with Gasteiger partial charge in [-0.3, -0.25) is 14.5 Å². The summed E-state index contributed by atoms with van der Waals surface area (Å²) >= 11 is 0. The van der Waals surface area contributed by atoms with Crippen molar-refractivity contribution >= 4 is 29.3 Å². The molecule has 1 aliphatic rings. The fraction of sp³-hybridized carbons (Fsp3) is 0.471. The summed E-state index contributed by atoms with van der Waals surface area (Å²) in [6, 6.07) is 4.12. The summed E-state index contributed by atoms with van der Waals surface area (Å²) in [5.74, 6) is -0.650. The number of methoxy groups -OCH3 is 1. The Labute approximate surface area is 146 Å². The van der Waals surface area contributed by atoms with Crippen LogP contribution >= 0.6 is 0 Å². The number of fused-ring (bicyclic) bond motifs is 1. The van der Waals surface area contributed by atoms with Crippen molar-refractivity contribution < 1.29 is 19.1 Å². The summed E-state index contributed by atoms with van der Waals surface area (Å²) in [6.45, 7) is 4.54. The highest BCUT2D eigenvalue weighted by Crippen LogP contribution is 2.36. The van der Waals surface area contributed by atoms with Gasteiger partial charge in [0.1, 0.15) is 6.04 Å². The molecule has 8 heteroatoms. The van der Waals surface area contributed by atoms with E-state index in [9.17, 15) is 14.4 Å². The first kappa shape index (κ1) is 18.7. The summed E-state index contributed by atoms with van der Waals surface area (Å²) in [4.78, 5) is 38.3. The quantitative estimate of drug-likeness (QED) is 0.742. The van der Waals surface area contributed by atoms with Gasteiger partial charge in [-0.05, 0) is 24.1 Å². The van der Waals surface area contributed by atoms with Crippen molar-refractivity contribution in [3.8, 4) is 0 Å². The number of amides is 3. The first-order valence-electron chi connectivity index (χ1n) is 8.24. The summed E-state index contributed by atoms with van der Waals surface area (Å²) in [6.07, 6.45) is 0.113. The molecule has 2 rings (SSSR count). The molecule has 0 saturated heterocycles. The lowest BCUT2D eigenvalue weighted by Crippen LogP contribution is -2.54. The maximum Gasteiger partial charge on any atom is 0.414 e. The minimum Gasteiger partial charge on any atom is -0.452 e. The van der Waals surface area contributed by atoms with Crippen LogP contribution in [0.3, 0.4) is 0 Å². The number of benzene rings is 1. The van der Waals surface area contributed by atoms with Gasteiger partial charge in [-0.2, -0.15) is 0 Å². The first-order valence-corrected chi connectivity index (χ1v) is 8.24. The lowest BCUT2D eigenvalue weighted by Gasteiger charge is -2.38. The Morgan fingerprint density at radius 1 is 1.44 bits per heavy atom. The Hall–Kier alpha value is -2.61. The van der Waals surface area contributed by atoms with Gasteiger partial charge < -0.3 is 21.1 Å². The lowest BCUT2D eigenvalue weighted by molar-refractivity contribution is -0.118. The molecule has 25 heavy (non-hydrogen) atoms. The van der Waals surface area contributed by atoms with E-state index in [2.05, 4.69) is 10.6 Å². The predicted molar refractivity (Wildman–Crippen MR) is 94.6 cm³/mol.